The van der Waals surface area contributed by atoms with E-state index in [1.165, 1.54) is 16.0 Å². The number of para-hydroxylation sites is 1. The Labute approximate surface area is 202 Å². The van der Waals surface area contributed by atoms with Crippen molar-refractivity contribution in [2.24, 2.45) is 16.3 Å². The van der Waals surface area contributed by atoms with Gasteiger partial charge in [-0.15, -0.1) is 11.3 Å². The van der Waals surface area contributed by atoms with Gasteiger partial charge in [0.05, 0.1) is 5.56 Å². The van der Waals surface area contributed by atoms with E-state index in [0.717, 1.165) is 41.1 Å². The number of thiophene rings is 1. The van der Waals surface area contributed by atoms with Crippen molar-refractivity contribution < 1.29 is 4.79 Å². The fourth-order valence-electron chi connectivity index (χ4n) is 4.45. The maximum Gasteiger partial charge on any atom is 0.259 e. The van der Waals surface area contributed by atoms with E-state index in [1.54, 1.807) is 11.3 Å². The lowest BCUT2D eigenvalue weighted by Gasteiger charge is -2.33. The molecule has 2 aromatic carbocycles. The number of anilines is 1. The average molecular weight is 459 g/mol. The van der Waals surface area contributed by atoms with Gasteiger partial charge in [-0.2, -0.15) is 0 Å². The third kappa shape index (κ3) is 5.44. The summed E-state index contributed by atoms with van der Waals surface area (Å²) in [6.45, 7) is 11.3. The normalized spacial score (nSPS) is 16.2. The lowest BCUT2D eigenvalue weighted by atomic mass is 9.72. The molecule has 1 aliphatic rings. The molecule has 0 spiro atoms. The van der Waals surface area contributed by atoms with Crippen LogP contribution in [-0.2, 0) is 12.8 Å². The highest BCUT2D eigenvalue weighted by Gasteiger charge is 2.33. The van der Waals surface area contributed by atoms with E-state index >= 15 is 0 Å². The van der Waals surface area contributed by atoms with E-state index in [4.69, 9.17) is 4.99 Å². The Balaban J connectivity index is 1.67. The van der Waals surface area contributed by atoms with Crippen molar-refractivity contribution in [3.63, 3.8) is 0 Å². The van der Waals surface area contributed by atoms with Gasteiger partial charge in [0.1, 0.15) is 5.00 Å². The second-order valence-electron chi connectivity index (χ2n) is 10.4. The lowest BCUT2D eigenvalue weighted by molar-refractivity contribution is 0.102. The first-order valence-corrected chi connectivity index (χ1v) is 12.7. The largest absolute Gasteiger partial charge is 0.322 e. The Bertz CT molecular complexity index is 1130. The van der Waals surface area contributed by atoms with Gasteiger partial charge in [-0.05, 0) is 65.3 Å². The van der Waals surface area contributed by atoms with E-state index in [-0.39, 0.29) is 11.3 Å². The minimum absolute atomic E-state index is 0.0600. The highest BCUT2D eigenvalue weighted by Crippen LogP contribution is 2.45. The Morgan fingerprint density at radius 2 is 1.79 bits per heavy atom. The van der Waals surface area contributed by atoms with Crippen molar-refractivity contribution in [2.45, 2.75) is 59.8 Å². The van der Waals surface area contributed by atoms with Gasteiger partial charge in [-0.25, -0.2) is 4.99 Å². The molecule has 4 rings (SSSR count). The fourth-order valence-corrected chi connectivity index (χ4v) is 5.72. The molecule has 1 aromatic heterocycles. The highest BCUT2D eigenvalue weighted by atomic mass is 32.1. The average Bonchev–Trinajstić information content (AvgIpc) is 3.16. The smallest absolute Gasteiger partial charge is 0.259 e. The van der Waals surface area contributed by atoms with Crippen LogP contribution in [0.15, 0.2) is 59.6 Å². The number of benzene rings is 2. The number of hydrogen-bond acceptors (Lipinski definition) is 3. The van der Waals surface area contributed by atoms with Crippen LogP contribution in [0.4, 0.5) is 10.7 Å². The maximum atomic E-state index is 13.4. The summed E-state index contributed by atoms with van der Waals surface area (Å²) < 4.78 is 0. The molecule has 1 aliphatic carbocycles. The Kier molecular flexibility index (Phi) is 6.85. The quantitative estimate of drug-likeness (QED) is 0.386. The second kappa shape index (κ2) is 9.64. The third-order valence-corrected chi connectivity index (χ3v) is 7.83. The molecule has 4 heteroatoms. The molecule has 0 saturated carbocycles. The molecule has 1 atom stereocenters. The summed E-state index contributed by atoms with van der Waals surface area (Å²) in [5.41, 5.74) is 5.38. The lowest BCUT2D eigenvalue weighted by Crippen LogP contribution is -2.27. The predicted octanol–water partition coefficient (Wildman–Crippen LogP) is 8.03. The molecule has 3 nitrogen and oxygen atoms in total. The molecule has 0 bridgehead atoms. The van der Waals surface area contributed by atoms with Crippen molar-refractivity contribution in [2.75, 3.05) is 5.32 Å². The Morgan fingerprint density at radius 3 is 2.42 bits per heavy atom. The zero-order chi connectivity index (χ0) is 23.6. The first kappa shape index (κ1) is 23.4. The van der Waals surface area contributed by atoms with Crippen LogP contribution in [0.25, 0.3) is 0 Å². The highest BCUT2D eigenvalue weighted by molar-refractivity contribution is 7.16. The molecule has 172 valence electrons. The zero-order valence-electron chi connectivity index (χ0n) is 20.3. The molecule has 1 amide bonds. The van der Waals surface area contributed by atoms with Crippen molar-refractivity contribution in [3.8, 4) is 0 Å². The van der Waals surface area contributed by atoms with Crippen LogP contribution in [0.1, 0.15) is 78.9 Å². The van der Waals surface area contributed by atoms with Crippen molar-refractivity contribution in [3.05, 3.63) is 81.7 Å². The van der Waals surface area contributed by atoms with Gasteiger partial charge >= 0.3 is 0 Å². The number of fused-ring (bicyclic) bond motifs is 1. The second-order valence-corrected chi connectivity index (χ2v) is 11.5. The van der Waals surface area contributed by atoms with Gasteiger partial charge in [0.15, 0.2) is 0 Å². The number of hydrogen-bond donors (Lipinski definition) is 1. The summed E-state index contributed by atoms with van der Waals surface area (Å²) in [6, 6.07) is 18.2. The SMILES string of the molecule is CC(C)c1ccc(C=Nc2sc3c(c2C(=O)Nc2ccccc2)CC[C@@H](C(C)(C)C)C3)cc1. The number of rotatable bonds is 5. The van der Waals surface area contributed by atoms with Crippen LogP contribution >= 0.6 is 11.3 Å². The summed E-state index contributed by atoms with van der Waals surface area (Å²) in [5.74, 6) is 1.06. The first-order chi connectivity index (χ1) is 15.7. The number of carbonyl (C=O) groups excluding carboxylic acids is 1. The van der Waals surface area contributed by atoms with Crippen LogP contribution in [0, 0.1) is 11.3 Å². The fraction of sp³-hybridized carbons (Fsp3) is 0.379. The van der Waals surface area contributed by atoms with Gasteiger partial charge in [0.2, 0.25) is 0 Å². The number of amides is 1. The van der Waals surface area contributed by atoms with Gasteiger partial charge in [0, 0.05) is 16.8 Å². The molecule has 3 aromatic rings. The van der Waals surface area contributed by atoms with E-state index in [0.29, 0.717) is 11.8 Å². The molecular weight excluding hydrogens is 424 g/mol. The summed E-state index contributed by atoms with van der Waals surface area (Å²) >= 11 is 1.69. The first-order valence-electron chi connectivity index (χ1n) is 11.9. The van der Waals surface area contributed by atoms with Gasteiger partial charge < -0.3 is 5.32 Å². The van der Waals surface area contributed by atoms with E-state index in [1.807, 2.05) is 36.5 Å². The van der Waals surface area contributed by atoms with E-state index in [2.05, 4.69) is 64.2 Å². The number of aliphatic imine (C=N–C) groups is 1. The maximum absolute atomic E-state index is 13.4. The van der Waals surface area contributed by atoms with Crippen molar-refractivity contribution >= 4 is 34.1 Å². The number of nitrogens with zero attached hydrogens (tertiary/aromatic N) is 1. The van der Waals surface area contributed by atoms with Crippen LogP contribution in [0.2, 0.25) is 0 Å². The number of carbonyl (C=O) groups is 1. The standard InChI is InChI=1S/C29H34N2OS/c1-19(2)21-13-11-20(12-14-21)18-30-28-26(27(32)31-23-9-7-6-8-10-23)24-16-15-22(29(3,4)5)17-25(24)33-28/h6-14,18-19,22H,15-17H2,1-5H3,(H,31,32)/t22-/m1/s1. The Morgan fingerprint density at radius 1 is 1.09 bits per heavy atom. The Hall–Kier alpha value is -2.72. The van der Waals surface area contributed by atoms with Gasteiger partial charge in [0.25, 0.3) is 5.91 Å². The van der Waals surface area contributed by atoms with Crippen LogP contribution in [0.5, 0.6) is 0 Å². The molecular formula is C29H34N2OS. The molecule has 1 N–H and O–H groups in total. The minimum atomic E-state index is -0.0600. The molecule has 0 fully saturated rings. The van der Waals surface area contributed by atoms with Crippen molar-refractivity contribution in [1.29, 1.82) is 0 Å². The van der Waals surface area contributed by atoms with Crippen LogP contribution in [0.3, 0.4) is 0 Å². The van der Waals surface area contributed by atoms with Crippen LogP contribution in [-0.4, -0.2) is 12.1 Å². The molecule has 0 aliphatic heterocycles. The molecule has 0 saturated heterocycles. The topological polar surface area (TPSA) is 41.5 Å². The van der Waals surface area contributed by atoms with Gasteiger partial charge in [-0.3, -0.25) is 4.79 Å². The minimum Gasteiger partial charge on any atom is -0.322 e. The predicted molar refractivity (Wildman–Crippen MR) is 141 cm³/mol. The molecule has 1 heterocycles. The molecule has 0 radical (unpaired) electrons. The van der Waals surface area contributed by atoms with Crippen molar-refractivity contribution in [1.82, 2.24) is 0 Å². The summed E-state index contributed by atoms with van der Waals surface area (Å²) in [4.78, 5) is 19.6. The van der Waals surface area contributed by atoms with E-state index in [9.17, 15) is 4.79 Å². The third-order valence-electron chi connectivity index (χ3n) is 6.66. The van der Waals surface area contributed by atoms with Crippen LogP contribution < -0.4 is 5.32 Å². The molecule has 33 heavy (non-hydrogen) atoms. The summed E-state index contributed by atoms with van der Waals surface area (Å²) in [5, 5.41) is 3.90. The zero-order valence-corrected chi connectivity index (χ0v) is 21.1. The summed E-state index contributed by atoms with van der Waals surface area (Å²) in [6.07, 6.45) is 4.96. The number of nitrogens with one attached hydrogen (secondary N) is 1. The van der Waals surface area contributed by atoms with Gasteiger partial charge in [-0.1, -0.05) is 77.1 Å². The molecule has 0 unspecified atom stereocenters. The monoisotopic (exact) mass is 458 g/mol. The summed E-state index contributed by atoms with van der Waals surface area (Å²) in [7, 11) is 0. The van der Waals surface area contributed by atoms with E-state index < -0.39 is 0 Å².